The van der Waals surface area contributed by atoms with Crippen LogP contribution in [-0.2, 0) is 16.6 Å². The number of likely N-dealkylation sites (N-methyl/N-ethyl adjacent to an activating group) is 1. The highest BCUT2D eigenvalue weighted by Gasteiger charge is 2.26. The molecule has 1 aromatic rings. The van der Waals surface area contributed by atoms with E-state index in [0.29, 0.717) is 18.7 Å². The summed E-state index contributed by atoms with van der Waals surface area (Å²) in [5.41, 5.74) is 0.619. The van der Waals surface area contributed by atoms with E-state index in [1.807, 2.05) is 7.05 Å². The van der Waals surface area contributed by atoms with Crippen LogP contribution >= 0.6 is 0 Å². The summed E-state index contributed by atoms with van der Waals surface area (Å²) in [5.74, 6) is 0. The van der Waals surface area contributed by atoms with Crippen molar-refractivity contribution in [2.45, 2.75) is 17.9 Å². The van der Waals surface area contributed by atoms with Gasteiger partial charge >= 0.3 is 0 Å². The molecule has 0 amide bonds. The summed E-state index contributed by atoms with van der Waals surface area (Å²) in [4.78, 5) is 2.41. The van der Waals surface area contributed by atoms with E-state index < -0.39 is 10.0 Å². The smallest absolute Gasteiger partial charge is 0.243 e. The fraction of sp³-hybridized carbons (Fsp3) is 0.538. The lowest BCUT2D eigenvalue weighted by atomic mass is 10.2. The van der Waals surface area contributed by atoms with Crippen molar-refractivity contribution in [2.24, 2.45) is 0 Å². The summed E-state index contributed by atoms with van der Waals surface area (Å²) in [5, 5.41) is 9.10. The Morgan fingerprint density at radius 3 is 2.74 bits per heavy atom. The van der Waals surface area contributed by atoms with Gasteiger partial charge in [0.15, 0.2) is 0 Å². The molecule has 1 fully saturated rings. The molecule has 19 heavy (non-hydrogen) atoms. The maximum Gasteiger partial charge on any atom is 0.243 e. The zero-order valence-electron chi connectivity index (χ0n) is 11.1. The van der Waals surface area contributed by atoms with E-state index in [-0.39, 0.29) is 11.5 Å². The minimum atomic E-state index is -3.45. The van der Waals surface area contributed by atoms with Crippen LogP contribution in [0, 0.1) is 0 Å². The molecular formula is C13H20N2O3S. The second-order valence-corrected chi connectivity index (χ2v) is 6.80. The zero-order valence-corrected chi connectivity index (χ0v) is 11.9. The minimum Gasteiger partial charge on any atom is -0.392 e. The number of sulfonamides is 1. The third-order valence-electron chi connectivity index (χ3n) is 3.40. The molecule has 0 unspecified atom stereocenters. The highest BCUT2D eigenvalue weighted by molar-refractivity contribution is 7.89. The van der Waals surface area contributed by atoms with E-state index >= 15 is 0 Å². The van der Waals surface area contributed by atoms with Crippen molar-refractivity contribution in [3.63, 3.8) is 0 Å². The van der Waals surface area contributed by atoms with Crippen molar-refractivity contribution in [3.8, 4) is 0 Å². The van der Waals surface area contributed by atoms with Gasteiger partial charge in [-0.3, -0.25) is 0 Å². The van der Waals surface area contributed by atoms with Gasteiger partial charge in [0, 0.05) is 19.6 Å². The molecule has 1 aromatic carbocycles. The van der Waals surface area contributed by atoms with Crippen LogP contribution in [0.15, 0.2) is 29.2 Å². The maximum absolute atomic E-state index is 12.5. The monoisotopic (exact) mass is 284 g/mol. The van der Waals surface area contributed by atoms with Crippen LogP contribution in [0.1, 0.15) is 12.0 Å². The number of aliphatic hydroxyl groups is 1. The van der Waals surface area contributed by atoms with Crippen molar-refractivity contribution in [3.05, 3.63) is 29.8 Å². The molecule has 1 heterocycles. The van der Waals surface area contributed by atoms with Gasteiger partial charge in [0.1, 0.15) is 0 Å². The average Bonchev–Trinajstić information content (AvgIpc) is 2.64. The maximum atomic E-state index is 12.5. The zero-order chi connectivity index (χ0) is 13.9. The molecule has 1 aliphatic heterocycles. The van der Waals surface area contributed by atoms with E-state index in [4.69, 9.17) is 5.11 Å². The Labute approximate surface area is 114 Å². The third kappa shape index (κ3) is 3.33. The fourth-order valence-electron chi connectivity index (χ4n) is 2.22. The standard InChI is InChI=1S/C13H20N2O3S/c1-14-6-3-7-15(9-8-14)19(17,18)13-5-2-4-12(10-13)11-16/h2,4-5,10,16H,3,6-9,11H2,1H3. The van der Waals surface area contributed by atoms with Crippen LogP contribution in [0.3, 0.4) is 0 Å². The number of benzene rings is 1. The molecule has 0 bridgehead atoms. The first kappa shape index (κ1) is 14.5. The normalized spacial score (nSPS) is 19.3. The Hall–Kier alpha value is -0.950. The van der Waals surface area contributed by atoms with E-state index in [1.54, 1.807) is 24.3 Å². The summed E-state index contributed by atoms with van der Waals surface area (Å²) in [6.07, 6.45) is 0.843. The number of hydrogen-bond acceptors (Lipinski definition) is 4. The lowest BCUT2D eigenvalue weighted by Gasteiger charge is -2.20. The van der Waals surface area contributed by atoms with Gasteiger partial charge in [-0.05, 0) is 37.7 Å². The number of rotatable bonds is 3. The third-order valence-corrected chi connectivity index (χ3v) is 5.29. The van der Waals surface area contributed by atoms with Gasteiger partial charge < -0.3 is 10.0 Å². The molecule has 2 rings (SSSR count). The molecule has 0 saturated carbocycles. The number of hydrogen-bond donors (Lipinski definition) is 1. The first-order chi connectivity index (χ1) is 9.04. The molecule has 5 nitrogen and oxygen atoms in total. The van der Waals surface area contributed by atoms with E-state index in [2.05, 4.69) is 4.90 Å². The SMILES string of the molecule is CN1CCCN(S(=O)(=O)c2cccc(CO)c2)CC1. The van der Waals surface area contributed by atoms with Crippen LogP contribution in [0.25, 0.3) is 0 Å². The predicted octanol–water partition coefficient (Wildman–Crippen LogP) is 0.505. The Balaban J connectivity index is 2.25. The second kappa shape index (κ2) is 6.00. The summed E-state index contributed by atoms with van der Waals surface area (Å²) >= 11 is 0. The van der Waals surface area contributed by atoms with E-state index in [0.717, 1.165) is 19.5 Å². The summed E-state index contributed by atoms with van der Waals surface area (Å²) in [6.45, 7) is 2.59. The highest BCUT2D eigenvalue weighted by Crippen LogP contribution is 2.18. The van der Waals surface area contributed by atoms with Crippen LogP contribution in [0.5, 0.6) is 0 Å². The fourth-order valence-corrected chi connectivity index (χ4v) is 3.76. The first-order valence-corrected chi connectivity index (χ1v) is 7.86. The Kier molecular flexibility index (Phi) is 4.57. The summed E-state index contributed by atoms with van der Waals surface area (Å²) < 4.78 is 26.6. The lowest BCUT2D eigenvalue weighted by molar-refractivity contribution is 0.281. The quantitative estimate of drug-likeness (QED) is 0.878. The average molecular weight is 284 g/mol. The lowest BCUT2D eigenvalue weighted by Crippen LogP contribution is -2.34. The van der Waals surface area contributed by atoms with E-state index in [1.165, 1.54) is 4.31 Å². The molecule has 1 aliphatic rings. The molecule has 106 valence electrons. The van der Waals surface area contributed by atoms with Crippen LogP contribution < -0.4 is 0 Å². The Bertz CT molecular complexity index is 530. The molecule has 0 atom stereocenters. The van der Waals surface area contributed by atoms with Crippen molar-refractivity contribution in [2.75, 3.05) is 33.2 Å². The second-order valence-electron chi connectivity index (χ2n) is 4.87. The number of aliphatic hydroxyl groups excluding tert-OH is 1. The summed E-state index contributed by atoms with van der Waals surface area (Å²) in [7, 11) is -1.44. The Morgan fingerprint density at radius 2 is 2.00 bits per heavy atom. The Morgan fingerprint density at radius 1 is 1.21 bits per heavy atom. The van der Waals surface area contributed by atoms with Gasteiger partial charge in [-0.1, -0.05) is 12.1 Å². The molecule has 0 radical (unpaired) electrons. The molecule has 1 N–H and O–H groups in total. The van der Waals surface area contributed by atoms with E-state index in [9.17, 15) is 8.42 Å². The number of nitrogens with zero attached hydrogens (tertiary/aromatic N) is 2. The van der Waals surface area contributed by atoms with Gasteiger partial charge in [0.05, 0.1) is 11.5 Å². The molecule has 0 spiro atoms. The minimum absolute atomic E-state index is 0.147. The van der Waals surface area contributed by atoms with Gasteiger partial charge in [0.2, 0.25) is 10.0 Å². The van der Waals surface area contributed by atoms with Crippen molar-refractivity contribution < 1.29 is 13.5 Å². The summed E-state index contributed by atoms with van der Waals surface area (Å²) in [6, 6.07) is 6.52. The van der Waals surface area contributed by atoms with Crippen molar-refractivity contribution in [1.82, 2.24) is 9.21 Å². The van der Waals surface area contributed by atoms with Crippen LogP contribution in [0.2, 0.25) is 0 Å². The molecule has 6 heteroatoms. The van der Waals surface area contributed by atoms with Gasteiger partial charge in [-0.25, -0.2) is 8.42 Å². The molecular weight excluding hydrogens is 264 g/mol. The van der Waals surface area contributed by atoms with Gasteiger partial charge in [-0.2, -0.15) is 4.31 Å². The van der Waals surface area contributed by atoms with Gasteiger partial charge in [0.25, 0.3) is 0 Å². The molecule has 0 aliphatic carbocycles. The van der Waals surface area contributed by atoms with Crippen molar-refractivity contribution in [1.29, 1.82) is 0 Å². The predicted molar refractivity (Wildman–Crippen MR) is 73.2 cm³/mol. The highest BCUT2D eigenvalue weighted by atomic mass is 32.2. The van der Waals surface area contributed by atoms with Crippen LogP contribution in [0.4, 0.5) is 0 Å². The molecule has 0 aromatic heterocycles. The van der Waals surface area contributed by atoms with Crippen molar-refractivity contribution >= 4 is 10.0 Å². The molecule has 1 saturated heterocycles. The first-order valence-electron chi connectivity index (χ1n) is 6.42. The topological polar surface area (TPSA) is 60.9 Å². The van der Waals surface area contributed by atoms with Gasteiger partial charge in [-0.15, -0.1) is 0 Å². The van der Waals surface area contributed by atoms with Crippen LogP contribution in [-0.4, -0.2) is 56.0 Å². The largest absolute Gasteiger partial charge is 0.392 e.